The normalized spacial score (nSPS) is 11.1. The molecule has 2 aromatic carbocycles. The van der Waals surface area contributed by atoms with E-state index in [0.29, 0.717) is 29.4 Å². The Morgan fingerprint density at radius 3 is 2.31 bits per heavy atom. The van der Waals surface area contributed by atoms with E-state index in [2.05, 4.69) is 4.98 Å². The number of pyridine rings is 1. The number of benzene rings is 2. The van der Waals surface area contributed by atoms with E-state index in [1.807, 2.05) is 37.3 Å². The average molecular weight is 413 g/mol. The van der Waals surface area contributed by atoms with Gasteiger partial charge >= 0.3 is 0 Å². The van der Waals surface area contributed by atoms with Gasteiger partial charge in [0.25, 0.3) is 0 Å². The van der Waals surface area contributed by atoms with Gasteiger partial charge in [-0.2, -0.15) is 0 Å². The van der Waals surface area contributed by atoms with Crippen LogP contribution in [0.5, 0.6) is 17.2 Å². The fraction of sp³-hybridized carbons (Fsp3) is 0.227. The molecule has 0 N–H and O–H groups in total. The molecular weight excluding hydrogens is 388 g/mol. The third-order valence-corrected chi connectivity index (χ3v) is 6.20. The second-order valence-corrected chi connectivity index (χ2v) is 8.44. The van der Waals surface area contributed by atoms with E-state index >= 15 is 0 Å². The maximum Gasteiger partial charge on any atom is 0.235 e. The number of ether oxygens (including phenoxy) is 2. The number of hydrogen-bond donors (Lipinski definition) is 0. The monoisotopic (exact) mass is 412 g/mol. The van der Waals surface area contributed by atoms with Gasteiger partial charge in [0.05, 0.1) is 25.1 Å². The summed E-state index contributed by atoms with van der Waals surface area (Å²) in [5.74, 6) is 1.88. The fourth-order valence-corrected chi connectivity index (χ4v) is 4.41. The van der Waals surface area contributed by atoms with Gasteiger partial charge in [-0.25, -0.2) is 8.42 Å². The van der Waals surface area contributed by atoms with E-state index < -0.39 is 10.0 Å². The molecule has 7 heteroatoms. The number of anilines is 1. The van der Waals surface area contributed by atoms with Crippen LogP contribution in [-0.4, -0.2) is 26.3 Å². The lowest BCUT2D eigenvalue weighted by atomic mass is 10.2. The molecule has 0 amide bonds. The van der Waals surface area contributed by atoms with Crippen LogP contribution in [0.3, 0.4) is 0 Å². The molecule has 0 aliphatic rings. The van der Waals surface area contributed by atoms with Gasteiger partial charge in [-0.15, -0.1) is 0 Å². The van der Waals surface area contributed by atoms with Crippen LogP contribution in [0.25, 0.3) is 0 Å². The molecule has 0 atom stereocenters. The largest absolute Gasteiger partial charge is 0.493 e. The van der Waals surface area contributed by atoms with Crippen LogP contribution in [0.2, 0.25) is 0 Å². The number of sulfonamides is 1. The molecule has 1 heterocycles. The number of para-hydroxylation sites is 2. The summed E-state index contributed by atoms with van der Waals surface area (Å²) in [6.45, 7) is 2.08. The Balaban J connectivity index is 1.86. The molecular formula is C22H24N2O4S. The Hall–Kier alpha value is -3.06. The van der Waals surface area contributed by atoms with E-state index in [1.165, 1.54) is 4.31 Å². The van der Waals surface area contributed by atoms with E-state index in [9.17, 15) is 8.42 Å². The number of nitrogens with zero attached hydrogens (tertiary/aromatic N) is 2. The Morgan fingerprint density at radius 1 is 0.966 bits per heavy atom. The molecule has 0 unspecified atom stereocenters. The van der Waals surface area contributed by atoms with Crippen molar-refractivity contribution in [2.75, 3.05) is 17.2 Å². The van der Waals surface area contributed by atoms with Crippen molar-refractivity contribution >= 4 is 15.7 Å². The maximum atomic E-state index is 12.9. The van der Waals surface area contributed by atoms with Gasteiger partial charge in [-0.3, -0.25) is 9.29 Å². The number of methoxy groups -OCH3 is 1. The first kappa shape index (κ1) is 20.7. The molecule has 6 nitrogen and oxygen atoms in total. The van der Waals surface area contributed by atoms with Crippen molar-refractivity contribution in [2.45, 2.75) is 19.9 Å². The molecule has 152 valence electrons. The van der Waals surface area contributed by atoms with Gasteiger partial charge in [0.2, 0.25) is 10.0 Å². The first-order chi connectivity index (χ1) is 14.0. The zero-order valence-electron chi connectivity index (χ0n) is 16.5. The fourth-order valence-electron chi connectivity index (χ4n) is 2.89. The lowest BCUT2D eigenvalue weighted by molar-refractivity contribution is 0.379. The Labute approximate surface area is 171 Å². The Bertz CT molecular complexity index is 1020. The van der Waals surface area contributed by atoms with E-state index in [-0.39, 0.29) is 12.3 Å². The van der Waals surface area contributed by atoms with Crippen molar-refractivity contribution in [3.8, 4) is 17.2 Å². The summed E-state index contributed by atoms with van der Waals surface area (Å²) in [6, 6.07) is 18.0. The second kappa shape index (κ2) is 9.43. The molecule has 0 fully saturated rings. The maximum absolute atomic E-state index is 12.9. The van der Waals surface area contributed by atoms with Crippen molar-refractivity contribution in [3.05, 3.63) is 78.6 Å². The standard InChI is InChI=1S/C22H24N2O4S/c1-3-15-29(25,26)24(17-18-7-6-14-23-16-18)19-10-12-20(13-11-19)28-22-9-5-4-8-21(22)27-2/h4-14,16H,3,15,17H2,1-2H3. The highest BCUT2D eigenvalue weighted by atomic mass is 32.2. The summed E-state index contributed by atoms with van der Waals surface area (Å²) in [5, 5.41) is 0. The molecule has 0 saturated heterocycles. The van der Waals surface area contributed by atoms with Crippen LogP contribution in [0, 0.1) is 0 Å². The number of aromatic nitrogens is 1. The lowest BCUT2D eigenvalue weighted by Crippen LogP contribution is -2.32. The van der Waals surface area contributed by atoms with Crippen LogP contribution >= 0.6 is 0 Å². The van der Waals surface area contributed by atoms with Crippen LogP contribution in [0.1, 0.15) is 18.9 Å². The summed E-state index contributed by atoms with van der Waals surface area (Å²) >= 11 is 0. The molecule has 0 radical (unpaired) electrons. The minimum atomic E-state index is -3.46. The van der Waals surface area contributed by atoms with E-state index in [1.54, 1.807) is 49.8 Å². The van der Waals surface area contributed by atoms with Gasteiger partial charge in [0.15, 0.2) is 11.5 Å². The highest BCUT2D eigenvalue weighted by Crippen LogP contribution is 2.32. The molecule has 0 spiro atoms. The zero-order valence-corrected chi connectivity index (χ0v) is 17.3. The average Bonchev–Trinajstić information content (AvgIpc) is 2.74. The highest BCUT2D eigenvalue weighted by Gasteiger charge is 2.22. The predicted octanol–water partition coefficient (Wildman–Crippen LogP) is 4.63. The SMILES string of the molecule is CCCS(=O)(=O)N(Cc1cccnc1)c1ccc(Oc2ccccc2OC)cc1. The first-order valence-corrected chi connectivity index (χ1v) is 10.9. The highest BCUT2D eigenvalue weighted by molar-refractivity contribution is 7.92. The molecule has 0 saturated carbocycles. The van der Waals surface area contributed by atoms with Gasteiger partial charge in [-0.1, -0.05) is 25.1 Å². The van der Waals surface area contributed by atoms with Crippen molar-refractivity contribution in [3.63, 3.8) is 0 Å². The molecule has 0 aliphatic carbocycles. The number of rotatable bonds is 9. The minimum Gasteiger partial charge on any atom is -0.493 e. The van der Waals surface area contributed by atoms with Crippen molar-refractivity contribution < 1.29 is 17.9 Å². The molecule has 3 aromatic rings. The van der Waals surface area contributed by atoms with Crippen molar-refractivity contribution in [1.29, 1.82) is 0 Å². The second-order valence-electron chi connectivity index (χ2n) is 6.43. The quantitative estimate of drug-likeness (QED) is 0.513. The zero-order chi connectivity index (χ0) is 20.7. The summed E-state index contributed by atoms with van der Waals surface area (Å²) < 4.78 is 38.3. The Kier molecular flexibility index (Phi) is 6.72. The third-order valence-electron chi connectivity index (χ3n) is 4.27. The smallest absolute Gasteiger partial charge is 0.235 e. The van der Waals surface area contributed by atoms with Gasteiger partial charge in [0, 0.05) is 12.4 Å². The van der Waals surface area contributed by atoms with E-state index in [4.69, 9.17) is 9.47 Å². The van der Waals surface area contributed by atoms with Gasteiger partial charge in [-0.05, 0) is 54.4 Å². The molecule has 29 heavy (non-hydrogen) atoms. The lowest BCUT2D eigenvalue weighted by Gasteiger charge is -2.24. The summed E-state index contributed by atoms with van der Waals surface area (Å²) in [7, 11) is -1.88. The molecule has 0 bridgehead atoms. The van der Waals surface area contributed by atoms with Crippen molar-refractivity contribution in [2.24, 2.45) is 0 Å². The topological polar surface area (TPSA) is 68.7 Å². The van der Waals surface area contributed by atoms with Gasteiger partial charge < -0.3 is 9.47 Å². The van der Waals surface area contributed by atoms with Crippen LogP contribution in [0.15, 0.2) is 73.1 Å². The third kappa shape index (κ3) is 5.26. The van der Waals surface area contributed by atoms with Crippen LogP contribution in [0.4, 0.5) is 5.69 Å². The van der Waals surface area contributed by atoms with Crippen LogP contribution < -0.4 is 13.8 Å². The number of hydrogen-bond acceptors (Lipinski definition) is 5. The molecule has 1 aromatic heterocycles. The Morgan fingerprint density at radius 2 is 1.69 bits per heavy atom. The summed E-state index contributed by atoms with van der Waals surface area (Å²) in [4.78, 5) is 4.08. The summed E-state index contributed by atoms with van der Waals surface area (Å²) in [5.41, 5.74) is 1.40. The molecule has 0 aliphatic heterocycles. The predicted molar refractivity (Wildman–Crippen MR) is 114 cm³/mol. The van der Waals surface area contributed by atoms with Crippen molar-refractivity contribution in [1.82, 2.24) is 4.98 Å². The van der Waals surface area contributed by atoms with E-state index in [0.717, 1.165) is 5.56 Å². The minimum absolute atomic E-state index is 0.0761. The van der Waals surface area contributed by atoms with Crippen LogP contribution in [-0.2, 0) is 16.6 Å². The molecule has 3 rings (SSSR count). The summed E-state index contributed by atoms with van der Waals surface area (Å²) in [6.07, 6.45) is 3.88. The van der Waals surface area contributed by atoms with Gasteiger partial charge in [0.1, 0.15) is 5.75 Å². The first-order valence-electron chi connectivity index (χ1n) is 9.33.